The van der Waals surface area contributed by atoms with E-state index in [0.717, 1.165) is 24.4 Å². The fourth-order valence-electron chi connectivity index (χ4n) is 3.28. The number of ether oxygens (including phenoxy) is 2. The smallest absolute Gasteiger partial charge is 0.416 e. The van der Waals surface area contributed by atoms with Gasteiger partial charge in [0.1, 0.15) is 12.4 Å². The first-order valence-corrected chi connectivity index (χ1v) is 11.6. The van der Waals surface area contributed by atoms with Gasteiger partial charge in [0.25, 0.3) is 0 Å². The van der Waals surface area contributed by atoms with Gasteiger partial charge in [-0.05, 0) is 61.8 Å². The zero-order chi connectivity index (χ0) is 27.4. The number of amides is 1. The molecule has 3 rings (SSSR count). The van der Waals surface area contributed by atoms with E-state index in [-0.39, 0.29) is 22.8 Å². The van der Waals surface area contributed by atoms with E-state index < -0.39 is 35.6 Å². The Morgan fingerprint density at radius 3 is 2.38 bits per heavy atom. The van der Waals surface area contributed by atoms with Crippen LogP contribution in [0.2, 0.25) is 0 Å². The number of aliphatic imine (C=N–C) groups is 1. The number of hydrogen-bond donors (Lipinski definition) is 1. The molecule has 1 N–H and O–H groups in total. The van der Waals surface area contributed by atoms with Crippen molar-refractivity contribution in [1.29, 1.82) is 0 Å². The molecule has 0 fully saturated rings. The molecular formula is C24H23F6N3O3S. The van der Waals surface area contributed by atoms with E-state index in [1.165, 1.54) is 13.2 Å². The average Bonchev–Trinajstić information content (AvgIpc) is 3.15. The highest BCUT2D eigenvalue weighted by atomic mass is 32.2. The predicted octanol–water partition coefficient (Wildman–Crippen LogP) is 6.07. The van der Waals surface area contributed by atoms with Crippen LogP contribution in [0, 0.1) is 0 Å². The molecule has 200 valence electrons. The van der Waals surface area contributed by atoms with Crippen LogP contribution < -0.4 is 14.8 Å². The third-order valence-electron chi connectivity index (χ3n) is 5.10. The molecule has 1 aliphatic rings. The Kier molecular flexibility index (Phi) is 8.80. The second-order valence-electron chi connectivity index (χ2n) is 8.13. The molecule has 0 unspecified atom stereocenters. The Morgan fingerprint density at radius 2 is 1.76 bits per heavy atom. The number of alkyl halides is 6. The number of nitrogens with one attached hydrogen (secondary N) is 1. The van der Waals surface area contributed by atoms with E-state index in [2.05, 4.69) is 10.3 Å². The van der Waals surface area contributed by atoms with Crippen molar-refractivity contribution in [1.82, 2.24) is 10.2 Å². The van der Waals surface area contributed by atoms with Crippen LogP contribution >= 0.6 is 11.8 Å². The molecule has 0 aliphatic carbocycles. The molecule has 2 aromatic carbocycles. The van der Waals surface area contributed by atoms with Gasteiger partial charge in [0.15, 0.2) is 11.5 Å². The van der Waals surface area contributed by atoms with E-state index >= 15 is 0 Å². The largest absolute Gasteiger partial charge is 0.493 e. The number of methoxy groups -OCH3 is 1. The molecule has 1 heterocycles. The molecule has 0 saturated carbocycles. The van der Waals surface area contributed by atoms with Gasteiger partial charge >= 0.3 is 17.6 Å². The first-order valence-electron chi connectivity index (χ1n) is 10.8. The highest BCUT2D eigenvalue weighted by molar-refractivity contribution is 8.18. The van der Waals surface area contributed by atoms with Crippen molar-refractivity contribution < 1.29 is 40.6 Å². The summed E-state index contributed by atoms with van der Waals surface area (Å²) in [4.78, 5) is 18.3. The Bertz CT molecular complexity index is 1210. The van der Waals surface area contributed by atoms with Gasteiger partial charge in [-0.3, -0.25) is 4.79 Å². The zero-order valence-electron chi connectivity index (χ0n) is 20.0. The van der Waals surface area contributed by atoms with E-state index in [1.54, 1.807) is 18.2 Å². The van der Waals surface area contributed by atoms with Crippen LogP contribution in [0.1, 0.15) is 22.3 Å². The van der Waals surface area contributed by atoms with E-state index in [0.29, 0.717) is 28.9 Å². The Morgan fingerprint density at radius 1 is 1.03 bits per heavy atom. The molecule has 13 heteroatoms. The van der Waals surface area contributed by atoms with E-state index in [4.69, 9.17) is 9.47 Å². The van der Waals surface area contributed by atoms with Crippen molar-refractivity contribution in [2.24, 2.45) is 4.99 Å². The monoisotopic (exact) mass is 547 g/mol. The van der Waals surface area contributed by atoms with Gasteiger partial charge in [0.05, 0.1) is 23.1 Å². The molecule has 0 aromatic heterocycles. The number of nitrogens with zero attached hydrogens (tertiary/aromatic N) is 2. The average molecular weight is 548 g/mol. The zero-order valence-corrected chi connectivity index (χ0v) is 20.8. The predicted molar refractivity (Wildman–Crippen MR) is 129 cm³/mol. The number of amidine groups is 1. The topological polar surface area (TPSA) is 63.2 Å². The minimum atomic E-state index is -5.00. The van der Waals surface area contributed by atoms with Crippen molar-refractivity contribution in [3.05, 3.63) is 63.6 Å². The quantitative estimate of drug-likeness (QED) is 0.405. The number of carbonyl (C=O) groups excluding carboxylic acids is 1. The van der Waals surface area contributed by atoms with Crippen molar-refractivity contribution in [2.45, 2.75) is 19.0 Å². The lowest BCUT2D eigenvalue weighted by Gasteiger charge is -2.17. The van der Waals surface area contributed by atoms with Gasteiger partial charge < -0.3 is 19.7 Å². The maximum absolute atomic E-state index is 13.4. The van der Waals surface area contributed by atoms with Gasteiger partial charge in [-0.1, -0.05) is 12.1 Å². The number of hydrogen-bond acceptors (Lipinski definition) is 6. The lowest BCUT2D eigenvalue weighted by atomic mass is 10.0. The molecule has 1 amide bonds. The summed E-state index contributed by atoms with van der Waals surface area (Å²) < 4.78 is 89.7. The molecule has 0 bridgehead atoms. The molecule has 2 aromatic rings. The number of thioether (sulfide) groups is 1. The highest BCUT2D eigenvalue weighted by Gasteiger charge is 2.38. The van der Waals surface area contributed by atoms with Crippen molar-refractivity contribution >= 4 is 28.9 Å². The molecular weight excluding hydrogens is 524 g/mol. The molecule has 0 spiro atoms. The normalized spacial score (nSPS) is 15.4. The molecule has 0 saturated heterocycles. The number of carbonyl (C=O) groups is 1. The summed E-state index contributed by atoms with van der Waals surface area (Å²) in [6.07, 6.45) is -8.22. The standard InChI is InChI=1S/C24H23F6N3O3S/c1-33(2)9-8-31-21-20(37-22(34)32-21)11-14-4-7-18(19(10-14)35-3)36-13-15-5-6-16(23(25,26)27)12-17(15)24(28,29)30/h4-7,10-12H,8-9,13H2,1-3H3,(H,31,32,34)/b20-11-. The van der Waals surface area contributed by atoms with Crippen molar-refractivity contribution in [3.8, 4) is 11.5 Å². The van der Waals surface area contributed by atoms with Gasteiger partial charge in [-0.15, -0.1) is 0 Å². The summed E-state index contributed by atoms with van der Waals surface area (Å²) >= 11 is 0.943. The van der Waals surface area contributed by atoms with Crippen LogP contribution in [0.3, 0.4) is 0 Å². The van der Waals surface area contributed by atoms with Crippen LogP contribution in [0.5, 0.6) is 11.5 Å². The Labute approximate surface area is 213 Å². The summed E-state index contributed by atoms with van der Waals surface area (Å²) in [7, 11) is 5.15. The van der Waals surface area contributed by atoms with Crippen molar-refractivity contribution in [3.63, 3.8) is 0 Å². The van der Waals surface area contributed by atoms with Gasteiger partial charge in [0.2, 0.25) is 0 Å². The summed E-state index contributed by atoms with van der Waals surface area (Å²) in [5, 5.41) is 2.73. The van der Waals surface area contributed by atoms with E-state index in [1.807, 2.05) is 19.0 Å². The lowest BCUT2D eigenvalue weighted by molar-refractivity contribution is -0.143. The lowest BCUT2D eigenvalue weighted by Crippen LogP contribution is -2.31. The molecule has 1 aliphatic heterocycles. The minimum Gasteiger partial charge on any atom is -0.493 e. The van der Waals surface area contributed by atoms with Crippen molar-refractivity contribution in [2.75, 3.05) is 34.3 Å². The fraction of sp³-hybridized carbons (Fsp3) is 0.333. The maximum Gasteiger partial charge on any atom is 0.416 e. The molecule has 6 nitrogen and oxygen atoms in total. The first-order chi connectivity index (χ1) is 17.3. The molecule has 37 heavy (non-hydrogen) atoms. The Balaban J connectivity index is 1.80. The number of likely N-dealkylation sites (N-methyl/N-ethyl adjacent to an activating group) is 1. The highest BCUT2D eigenvalue weighted by Crippen LogP contribution is 2.38. The number of halogens is 6. The van der Waals surface area contributed by atoms with Crippen LogP contribution in [0.4, 0.5) is 31.1 Å². The minimum absolute atomic E-state index is 0.0669. The third-order valence-corrected chi connectivity index (χ3v) is 5.89. The van der Waals surface area contributed by atoms with Crippen LogP contribution in [0.15, 0.2) is 46.3 Å². The van der Waals surface area contributed by atoms with Crippen LogP contribution in [0.25, 0.3) is 6.08 Å². The summed E-state index contributed by atoms with van der Waals surface area (Å²) in [5.41, 5.74) is -2.69. The van der Waals surface area contributed by atoms with E-state index in [9.17, 15) is 31.1 Å². The maximum atomic E-state index is 13.4. The number of rotatable bonds is 8. The summed E-state index contributed by atoms with van der Waals surface area (Å²) in [6, 6.07) is 6.00. The first kappa shape index (κ1) is 28.4. The van der Waals surface area contributed by atoms with Crippen LogP contribution in [-0.2, 0) is 19.0 Å². The molecule has 0 atom stereocenters. The number of benzene rings is 2. The SMILES string of the molecule is COc1cc(/C=C2\SC(=O)N=C2NCCN(C)C)ccc1OCc1ccc(C(F)(F)F)cc1C(F)(F)F. The third kappa shape index (κ3) is 7.65. The van der Waals surface area contributed by atoms with Gasteiger partial charge in [0, 0.05) is 18.7 Å². The summed E-state index contributed by atoms with van der Waals surface area (Å²) in [6.45, 7) is 0.651. The van der Waals surface area contributed by atoms with Crippen LogP contribution in [-0.4, -0.2) is 50.3 Å². The second-order valence-corrected chi connectivity index (χ2v) is 9.13. The second kappa shape index (κ2) is 11.5. The van der Waals surface area contributed by atoms with Gasteiger partial charge in [-0.2, -0.15) is 31.3 Å². The fourth-order valence-corrected chi connectivity index (χ4v) is 4.01. The summed E-state index contributed by atoms with van der Waals surface area (Å²) in [5.74, 6) is 0.701. The van der Waals surface area contributed by atoms with Gasteiger partial charge in [-0.25, -0.2) is 0 Å². The molecule has 0 radical (unpaired) electrons. The Hall–Kier alpha value is -3.19.